The minimum absolute atomic E-state index is 0. The summed E-state index contributed by atoms with van der Waals surface area (Å²) in [5.74, 6) is 2.18. The first-order chi connectivity index (χ1) is 10.7. The van der Waals surface area contributed by atoms with E-state index >= 15 is 0 Å². The lowest BCUT2D eigenvalue weighted by Crippen LogP contribution is -2.60. The Bertz CT molecular complexity index is 432. The smallest absolute Gasteiger partial charge is 0.242 e. The van der Waals surface area contributed by atoms with Gasteiger partial charge in [-0.15, -0.1) is 24.8 Å². The van der Waals surface area contributed by atoms with E-state index in [1.165, 1.54) is 25.7 Å². The lowest BCUT2D eigenvalue weighted by Gasteiger charge is -2.42. The number of ether oxygens (including phenoxy) is 1. The number of morpholine rings is 1. The van der Waals surface area contributed by atoms with Crippen molar-refractivity contribution in [1.29, 1.82) is 0 Å². The fourth-order valence-electron chi connectivity index (χ4n) is 5.14. The molecule has 5 nitrogen and oxygen atoms in total. The summed E-state index contributed by atoms with van der Waals surface area (Å²) in [4.78, 5) is 17.4. The third-order valence-corrected chi connectivity index (χ3v) is 6.38. The van der Waals surface area contributed by atoms with Gasteiger partial charge in [0.15, 0.2) is 0 Å². The predicted octanol–water partition coefficient (Wildman–Crippen LogP) is 1.54. The van der Waals surface area contributed by atoms with Gasteiger partial charge in [0, 0.05) is 38.8 Å². The number of amides is 1. The van der Waals surface area contributed by atoms with Crippen LogP contribution in [0, 0.1) is 11.8 Å². The molecule has 3 unspecified atom stereocenters. The van der Waals surface area contributed by atoms with E-state index in [-0.39, 0.29) is 42.9 Å². The van der Waals surface area contributed by atoms with Gasteiger partial charge in [0.05, 0.1) is 12.7 Å². The molecule has 2 aliphatic heterocycles. The van der Waals surface area contributed by atoms with Crippen LogP contribution in [0.5, 0.6) is 0 Å². The van der Waals surface area contributed by atoms with E-state index in [0.717, 1.165) is 50.6 Å². The molecule has 2 saturated heterocycles. The Morgan fingerprint density at radius 2 is 1.83 bits per heavy atom. The largest absolute Gasteiger partial charge is 0.375 e. The van der Waals surface area contributed by atoms with E-state index in [1.54, 1.807) is 0 Å². The molecular weight excluding hydrogens is 349 g/mol. The Kier molecular flexibility index (Phi) is 7.21. The molecule has 4 rings (SSSR count). The summed E-state index contributed by atoms with van der Waals surface area (Å²) in [6, 6.07) is 0.661. The highest BCUT2D eigenvalue weighted by atomic mass is 35.5. The highest BCUT2D eigenvalue weighted by Crippen LogP contribution is 2.46. The number of carbonyl (C=O) groups is 1. The van der Waals surface area contributed by atoms with E-state index in [2.05, 4.69) is 10.2 Å². The average Bonchev–Trinajstić information content (AvgIpc) is 3.18. The molecule has 1 N–H and O–H groups in total. The number of rotatable bonds is 2. The highest BCUT2D eigenvalue weighted by Gasteiger charge is 2.43. The van der Waals surface area contributed by atoms with E-state index in [0.29, 0.717) is 6.61 Å². The molecule has 24 heavy (non-hydrogen) atoms. The summed E-state index contributed by atoms with van der Waals surface area (Å²) in [7, 11) is 0. The average molecular weight is 380 g/mol. The zero-order valence-electron chi connectivity index (χ0n) is 14.5. The zero-order valence-corrected chi connectivity index (χ0v) is 16.1. The Morgan fingerprint density at radius 3 is 2.42 bits per heavy atom. The summed E-state index contributed by atoms with van der Waals surface area (Å²) < 4.78 is 5.62. The quantitative estimate of drug-likeness (QED) is 0.790. The van der Waals surface area contributed by atoms with E-state index < -0.39 is 0 Å². The van der Waals surface area contributed by atoms with Crippen LogP contribution in [-0.4, -0.2) is 73.2 Å². The van der Waals surface area contributed by atoms with E-state index in [9.17, 15) is 4.79 Å². The van der Waals surface area contributed by atoms with Gasteiger partial charge in [-0.3, -0.25) is 9.69 Å². The van der Waals surface area contributed by atoms with Crippen molar-refractivity contribution in [3.8, 4) is 0 Å². The first-order valence-corrected chi connectivity index (χ1v) is 9.10. The second kappa shape index (κ2) is 8.54. The molecule has 4 fully saturated rings. The minimum atomic E-state index is -0.150. The first kappa shape index (κ1) is 20.2. The van der Waals surface area contributed by atoms with Crippen LogP contribution in [0.25, 0.3) is 0 Å². The lowest BCUT2D eigenvalue weighted by atomic mass is 9.93. The number of halogens is 2. The number of carbonyl (C=O) groups excluding carboxylic acids is 1. The van der Waals surface area contributed by atoms with Gasteiger partial charge < -0.3 is 15.0 Å². The first-order valence-electron chi connectivity index (χ1n) is 9.10. The van der Waals surface area contributed by atoms with Crippen LogP contribution in [0.3, 0.4) is 0 Å². The van der Waals surface area contributed by atoms with Gasteiger partial charge in [-0.2, -0.15) is 0 Å². The van der Waals surface area contributed by atoms with Gasteiger partial charge in [0.2, 0.25) is 5.91 Å². The Hall–Kier alpha value is -0.0700. The van der Waals surface area contributed by atoms with Gasteiger partial charge in [-0.1, -0.05) is 6.42 Å². The fourth-order valence-corrected chi connectivity index (χ4v) is 5.14. The maximum absolute atomic E-state index is 12.7. The third kappa shape index (κ3) is 3.85. The van der Waals surface area contributed by atoms with Crippen LogP contribution in [0.2, 0.25) is 0 Å². The number of hydrogen-bond acceptors (Lipinski definition) is 4. The van der Waals surface area contributed by atoms with Crippen LogP contribution in [-0.2, 0) is 9.53 Å². The number of nitrogens with zero attached hydrogens (tertiary/aromatic N) is 2. The van der Waals surface area contributed by atoms with Gasteiger partial charge in [-0.25, -0.2) is 0 Å². The van der Waals surface area contributed by atoms with Crippen molar-refractivity contribution >= 4 is 30.7 Å². The van der Waals surface area contributed by atoms with Gasteiger partial charge >= 0.3 is 0 Å². The van der Waals surface area contributed by atoms with Crippen molar-refractivity contribution < 1.29 is 9.53 Å². The summed E-state index contributed by atoms with van der Waals surface area (Å²) in [5.41, 5.74) is 0. The number of nitrogens with one attached hydrogen (secondary N) is 1. The molecule has 0 aromatic heterocycles. The van der Waals surface area contributed by atoms with Crippen molar-refractivity contribution in [2.45, 2.75) is 50.8 Å². The third-order valence-electron chi connectivity index (χ3n) is 6.38. The van der Waals surface area contributed by atoms with Crippen molar-refractivity contribution in [1.82, 2.24) is 15.1 Å². The molecule has 2 aliphatic carbocycles. The standard InChI is InChI=1S/C17H29N3O2.2ClH/c1-12-16(18-4-9-22-12)17(21)20-7-5-19(6-8-20)15-11-13-2-3-14(15)10-13;;/h12-16,18H,2-11H2,1H3;2*1H/t12-,13?,14?,15?,16+;;/m1../s1. The van der Waals surface area contributed by atoms with Crippen LogP contribution in [0.4, 0.5) is 0 Å². The Balaban J connectivity index is 0.00000104. The SMILES string of the molecule is C[C@H]1OCCN[C@@H]1C(=O)N1CCN(C2CC3CCC2C3)CC1.Cl.Cl. The van der Waals surface area contributed by atoms with Crippen LogP contribution >= 0.6 is 24.8 Å². The molecule has 0 aromatic carbocycles. The molecule has 2 saturated carbocycles. The van der Waals surface area contributed by atoms with E-state index in [4.69, 9.17) is 4.74 Å². The maximum Gasteiger partial charge on any atom is 0.242 e. The fraction of sp³-hybridized carbons (Fsp3) is 0.941. The molecule has 140 valence electrons. The van der Waals surface area contributed by atoms with Crippen molar-refractivity contribution in [3.63, 3.8) is 0 Å². The minimum Gasteiger partial charge on any atom is -0.375 e. The summed E-state index contributed by atoms with van der Waals surface area (Å²) in [5, 5.41) is 3.32. The number of fused-ring (bicyclic) bond motifs is 2. The molecular formula is C17H31Cl2N3O2. The summed E-state index contributed by atoms with van der Waals surface area (Å²) >= 11 is 0. The number of piperazine rings is 1. The molecule has 2 bridgehead atoms. The van der Waals surface area contributed by atoms with Gasteiger partial charge in [0.1, 0.15) is 6.04 Å². The Labute approximate surface area is 157 Å². The Morgan fingerprint density at radius 1 is 1.08 bits per heavy atom. The number of hydrogen-bond donors (Lipinski definition) is 1. The lowest BCUT2D eigenvalue weighted by molar-refractivity contribution is -0.141. The predicted molar refractivity (Wildman–Crippen MR) is 99.1 cm³/mol. The normalized spacial score (nSPS) is 39.2. The van der Waals surface area contributed by atoms with Crippen LogP contribution in [0.1, 0.15) is 32.6 Å². The second-order valence-electron chi connectivity index (χ2n) is 7.61. The molecule has 2 heterocycles. The molecule has 0 aromatic rings. The van der Waals surface area contributed by atoms with Gasteiger partial charge in [0.25, 0.3) is 0 Å². The van der Waals surface area contributed by atoms with E-state index in [1.807, 2.05) is 11.8 Å². The zero-order chi connectivity index (χ0) is 15.1. The highest BCUT2D eigenvalue weighted by molar-refractivity contribution is 5.85. The molecule has 5 atom stereocenters. The van der Waals surface area contributed by atoms with Gasteiger partial charge in [-0.05, 0) is 38.0 Å². The molecule has 1 amide bonds. The van der Waals surface area contributed by atoms with Crippen LogP contribution in [0.15, 0.2) is 0 Å². The van der Waals surface area contributed by atoms with Crippen LogP contribution < -0.4 is 5.32 Å². The summed E-state index contributed by atoms with van der Waals surface area (Å²) in [6.45, 7) is 7.38. The molecule has 0 radical (unpaired) electrons. The monoisotopic (exact) mass is 379 g/mol. The maximum atomic E-state index is 12.7. The topological polar surface area (TPSA) is 44.8 Å². The van der Waals surface area contributed by atoms with Crippen molar-refractivity contribution in [3.05, 3.63) is 0 Å². The summed E-state index contributed by atoms with van der Waals surface area (Å²) in [6.07, 6.45) is 5.77. The second-order valence-corrected chi connectivity index (χ2v) is 7.61. The molecule has 0 spiro atoms. The molecule has 7 heteroatoms. The van der Waals surface area contributed by atoms with Crippen molar-refractivity contribution in [2.75, 3.05) is 39.3 Å². The van der Waals surface area contributed by atoms with Crippen molar-refractivity contribution in [2.24, 2.45) is 11.8 Å². The molecule has 4 aliphatic rings.